The van der Waals surface area contributed by atoms with Gasteiger partial charge in [0.05, 0.1) is 0 Å². The first-order valence-corrected chi connectivity index (χ1v) is 8.21. The molecule has 2 N–H and O–H groups in total. The minimum atomic E-state index is 0.146. The van der Waals surface area contributed by atoms with Gasteiger partial charge in [0.25, 0.3) is 0 Å². The summed E-state index contributed by atoms with van der Waals surface area (Å²) >= 11 is 0. The molecule has 2 aromatic carbocycles. The van der Waals surface area contributed by atoms with Gasteiger partial charge in [0.1, 0.15) is 0 Å². The van der Waals surface area contributed by atoms with Gasteiger partial charge in [-0.1, -0.05) is 42.5 Å². The quantitative estimate of drug-likeness (QED) is 0.762. The third-order valence-corrected chi connectivity index (χ3v) is 4.71. The highest BCUT2D eigenvalue weighted by Gasteiger charge is 2.22. The lowest BCUT2D eigenvalue weighted by atomic mass is 10.1. The minimum absolute atomic E-state index is 0.146. The number of nitrogens with one attached hydrogen (secondary N) is 2. The number of amides is 1. The fraction of sp³-hybridized carbons (Fsp3) is 0.250. The fourth-order valence-corrected chi connectivity index (χ4v) is 3.55. The normalized spacial score (nSPS) is 14.1. The standard InChI is InChI=1S/C20H20N2O/c23-20(22-17-11-14-5-1-2-6-15(14)12-17)10-9-16-13-21-19-8-4-3-7-18(16)19/h1-8,13,17,21H,9-12H2,(H,22,23). The number of rotatable bonds is 4. The Morgan fingerprint density at radius 3 is 2.52 bits per heavy atom. The third kappa shape index (κ3) is 2.87. The highest BCUT2D eigenvalue weighted by atomic mass is 16.1. The van der Waals surface area contributed by atoms with Crippen molar-refractivity contribution in [2.45, 2.75) is 31.7 Å². The van der Waals surface area contributed by atoms with E-state index in [1.165, 1.54) is 22.1 Å². The van der Waals surface area contributed by atoms with Gasteiger partial charge in [-0.25, -0.2) is 0 Å². The van der Waals surface area contributed by atoms with Gasteiger partial charge in [-0.05, 0) is 42.0 Å². The zero-order chi connectivity index (χ0) is 15.6. The average molecular weight is 304 g/mol. The average Bonchev–Trinajstić information content (AvgIpc) is 3.16. The molecule has 0 spiro atoms. The van der Waals surface area contributed by atoms with E-state index in [2.05, 4.69) is 46.7 Å². The Kier molecular flexibility index (Phi) is 3.62. The molecule has 0 bridgehead atoms. The molecule has 1 aliphatic rings. The van der Waals surface area contributed by atoms with Crippen molar-refractivity contribution in [3.63, 3.8) is 0 Å². The summed E-state index contributed by atoms with van der Waals surface area (Å²) in [6.45, 7) is 0. The van der Waals surface area contributed by atoms with E-state index in [1.807, 2.05) is 18.3 Å². The summed E-state index contributed by atoms with van der Waals surface area (Å²) in [6, 6.07) is 16.9. The van der Waals surface area contributed by atoms with Crippen LogP contribution in [0.4, 0.5) is 0 Å². The molecule has 0 atom stereocenters. The van der Waals surface area contributed by atoms with Crippen LogP contribution in [-0.2, 0) is 24.1 Å². The Bertz CT molecular complexity index is 824. The second-order valence-corrected chi connectivity index (χ2v) is 6.30. The SMILES string of the molecule is O=C(CCc1c[nH]c2ccccc12)NC1Cc2ccccc2C1. The zero-order valence-corrected chi connectivity index (χ0v) is 13.0. The molecule has 0 aliphatic heterocycles. The molecule has 1 amide bonds. The number of para-hydroxylation sites is 1. The lowest BCUT2D eigenvalue weighted by Gasteiger charge is -2.11. The number of hydrogen-bond donors (Lipinski definition) is 2. The van der Waals surface area contributed by atoms with E-state index in [4.69, 9.17) is 0 Å². The molecule has 0 unspecified atom stereocenters. The monoisotopic (exact) mass is 304 g/mol. The molecule has 3 nitrogen and oxygen atoms in total. The van der Waals surface area contributed by atoms with Gasteiger partial charge in [0, 0.05) is 29.6 Å². The van der Waals surface area contributed by atoms with Crippen molar-refractivity contribution in [3.8, 4) is 0 Å². The number of aromatic nitrogens is 1. The van der Waals surface area contributed by atoms with Crippen LogP contribution in [0.2, 0.25) is 0 Å². The molecule has 23 heavy (non-hydrogen) atoms. The largest absolute Gasteiger partial charge is 0.361 e. The molecular formula is C20H20N2O. The second-order valence-electron chi connectivity index (χ2n) is 6.30. The van der Waals surface area contributed by atoms with Crippen molar-refractivity contribution in [2.24, 2.45) is 0 Å². The summed E-state index contributed by atoms with van der Waals surface area (Å²) in [5.41, 5.74) is 5.09. The highest BCUT2D eigenvalue weighted by molar-refractivity contribution is 5.84. The van der Waals surface area contributed by atoms with Gasteiger partial charge in [0.2, 0.25) is 5.91 Å². The second kappa shape index (κ2) is 5.92. The van der Waals surface area contributed by atoms with Crippen molar-refractivity contribution in [3.05, 3.63) is 71.4 Å². The van der Waals surface area contributed by atoms with Crippen LogP contribution in [0.5, 0.6) is 0 Å². The summed E-state index contributed by atoms with van der Waals surface area (Å²) < 4.78 is 0. The first-order chi connectivity index (χ1) is 11.3. The van der Waals surface area contributed by atoms with E-state index in [0.717, 1.165) is 24.8 Å². The molecule has 116 valence electrons. The summed E-state index contributed by atoms with van der Waals surface area (Å²) in [7, 11) is 0. The summed E-state index contributed by atoms with van der Waals surface area (Å²) in [5.74, 6) is 0.146. The van der Waals surface area contributed by atoms with Crippen LogP contribution in [0.15, 0.2) is 54.7 Å². The number of fused-ring (bicyclic) bond motifs is 2. The Morgan fingerprint density at radius 1 is 1.04 bits per heavy atom. The molecule has 1 heterocycles. The molecule has 3 aromatic rings. The first-order valence-electron chi connectivity index (χ1n) is 8.21. The lowest BCUT2D eigenvalue weighted by molar-refractivity contribution is -0.121. The molecule has 3 heteroatoms. The van der Waals surface area contributed by atoms with Gasteiger partial charge < -0.3 is 10.3 Å². The maximum atomic E-state index is 12.3. The maximum Gasteiger partial charge on any atom is 0.220 e. The molecule has 1 aromatic heterocycles. The molecule has 0 saturated carbocycles. The lowest BCUT2D eigenvalue weighted by Crippen LogP contribution is -2.35. The highest BCUT2D eigenvalue weighted by Crippen LogP contribution is 2.22. The minimum Gasteiger partial charge on any atom is -0.361 e. The maximum absolute atomic E-state index is 12.3. The zero-order valence-electron chi connectivity index (χ0n) is 13.0. The van der Waals surface area contributed by atoms with Crippen LogP contribution in [0.1, 0.15) is 23.1 Å². The number of carbonyl (C=O) groups excluding carboxylic acids is 1. The van der Waals surface area contributed by atoms with Gasteiger partial charge in [-0.3, -0.25) is 4.79 Å². The van der Waals surface area contributed by atoms with Crippen molar-refractivity contribution in [1.29, 1.82) is 0 Å². The Morgan fingerprint density at radius 2 is 1.74 bits per heavy atom. The first kappa shape index (κ1) is 14.1. The van der Waals surface area contributed by atoms with Crippen molar-refractivity contribution >= 4 is 16.8 Å². The van der Waals surface area contributed by atoms with E-state index >= 15 is 0 Å². The number of H-pyrrole nitrogens is 1. The van der Waals surface area contributed by atoms with Crippen molar-refractivity contribution < 1.29 is 4.79 Å². The Hall–Kier alpha value is -2.55. The number of aryl methyl sites for hydroxylation is 1. The molecular weight excluding hydrogens is 284 g/mol. The molecule has 0 saturated heterocycles. The topological polar surface area (TPSA) is 44.9 Å². The Balaban J connectivity index is 1.35. The summed E-state index contributed by atoms with van der Waals surface area (Å²) in [6.07, 6.45) is 5.23. The predicted octanol–water partition coefficient (Wildman–Crippen LogP) is 3.38. The summed E-state index contributed by atoms with van der Waals surface area (Å²) in [5, 5.41) is 4.40. The van der Waals surface area contributed by atoms with E-state index < -0.39 is 0 Å². The molecule has 0 radical (unpaired) electrons. The van der Waals surface area contributed by atoms with Gasteiger partial charge in [-0.15, -0.1) is 0 Å². The number of hydrogen-bond acceptors (Lipinski definition) is 1. The molecule has 0 fully saturated rings. The van der Waals surface area contributed by atoms with Gasteiger partial charge in [-0.2, -0.15) is 0 Å². The third-order valence-electron chi connectivity index (χ3n) is 4.71. The van der Waals surface area contributed by atoms with Crippen LogP contribution in [-0.4, -0.2) is 16.9 Å². The van der Waals surface area contributed by atoms with E-state index in [1.54, 1.807) is 0 Å². The Labute approximate surface area is 135 Å². The number of benzene rings is 2. The van der Waals surface area contributed by atoms with Crippen LogP contribution >= 0.6 is 0 Å². The summed E-state index contributed by atoms with van der Waals surface area (Å²) in [4.78, 5) is 15.5. The van der Waals surface area contributed by atoms with E-state index in [9.17, 15) is 4.79 Å². The van der Waals surface area contributed by atoms with Crippen LogP contribution < -0.4 is 5.32 Å². The van der Waals surface area contributed by atoms with Crippen LogP contribution in [0, 0.1) is 0 Å². The number of carbonyl (C=O) groups is 1. The molecule has 1 aliphatic carbocycles. The fourth-order valence-electron chi connectivity index (χ4n) is 3.55. The van der Waals surface area contributed by atoms with E-state index in [0.29, 0.717) is 6.42 Å². The van der Waals surface area contributed by atoms with Crippen molar-refractivity contribution in [2.75, 3.05) is 0 Å². The smallest absolute Gasteiger partial charge is 0.220 e. The predicted molar refractivity (Wildman–Crippen MR) is 92.4 cm³/mol. The van der Waals surface area contributed by atoms with Crippen LogP contribution in [0.3, 0.4) is 0 Å². The van der Waals surface area contributed by atoms with Gasteiger partial charge in [0.15, 0.2) is 0 Å². The molecule has 4 rings (SSSR count). The van der Waals surface area contributed by atoms with Gasteiger partial charge >= 0.3 is 0 Å². The van der Waals surface area contributed by atoms with E-state index in [-0.39, 0.29) is 11.9 Å². The number of aromatic amines is 1. The van der Waals surface area contributed by atoms with Crippen LogP contribution in [0.25, 0.3) is 10.9 Å². The van der Waals surface area contributed by atoms with Crippen molar-refractivity contribution in [1.82, 2.24) is 10.3 Å².